The lowest BCUT2D eigenvalue weighted by molar-refractivity contribution is -0.137. The fourth-order valence-corrected chi connectivity index (χ4v) is 3.90. The summed E-state index contributed by atoms with van der Waals surface area (Å²) in [6.45, 7) is 5.38. The Morgan fingerprint density at radius 1 is 1.07 bits per heavy atom. The van der Waals surface area contributed by atoms with E-state index in [1.54, 1.807) is 6.92 Å². The predicted molar refractivity (Wildman–Crippen MR) is 108 cm³/mol. The molecule has 10 heteroatoms. The number of aromatic nitrogens is 4. The molecule has 6 nitrogen and oxygen atoms in total. The molecule has 0 aliphatic carbocycles. The highest BCUT2D eigenvalue weighted by atomic mass is 32.1. The van der Waals surface area contributed by atoms with Crippen molar-refractivity contribution in [2.75, 3.05) is 5.32 Å². The van der Waals surface area contributed by atoms with E-state index in [-0.39, 0.29) is 22.5 Å². The van der Waals surface area contributed by atoms with Crippen LogP contribution in [0.3, 0.4) is 0 Å². The molecule has 1 amide bonds. The standard InChI is InChI=1S/C20H16F3N5OS/c1-10-12(3)30-19(24-10)26-18(29)16-11(2)27-28-9-8-15(25-17(16)28)13-6-4-5-7-14(13)20(21,22)23/h4-9H,1-3H3,(H,24,26,29). The third-order valence-electron chi connectivity index (χ3n) is 4.64. The number of thiazole rings is 1. The predicted octanol–water partition coefficient (Wildman–Crippen LogP) is 5.05. The van der Waals surface area contributed by atoms with Gasteiger partial charge in [0.15, 0.2) is 10.8 Å². The SMILES string of the molecule is Cc1nc(NC(=O)c2c(C)nn3ccc(-c4ccccc4C(F)(F)F)nc23)sc1C. The molecule has 0 aliphatic heterocycles. The first-order valence-corrected chi connectivity index (χ1v) is 9.75. The van der Waals surface area contributed by atoms with Gasteiger partial charge in [0.1, 0.15) is 5.56 Å². The Bertz CT molecular complexity index is 1260. The van der Waals surface area contributed by atoms with Gasteiger partial charge in [-0.25, -0.2) is 14.5 Å². The number of alkyl halides is 3. The number of halogens is 3. The van der Waals surface area contributed by atoms with Crippen LogP contribution in [-0.2, 0) is 6.18 Å². The highest BCUT2D eigenvalue weighted by molar-refractivity contribution is 7.15. The Morgan fingerprint density at radius 3 is 2.47 bits per heavy atom. The third-order valence-corrected chi connectivity index (χ3v) is 5.63. The lowest BCUT2D eigenvalue weighted by atomic mass is 10.0. The topological polar surface area (TPSA) is 72.2 Å². The van der Waals surface area contributed by atoms with Crippen LogP contribution in [0, 0.1) is 20.8 Å². The van der Waals surface area contributed by atoms with E-state index >= 15 is 0 Å². The maximum absolute atomic E-state index is 13.4. The minimum absolute atomic E-state index is 0.0658. The highest BCUT2D eigenvalue weighted by Crippen LogP contribution is 2.36. The van der Waals surface area contributed by atoms with Crippen LogP contribution in [-0.4, -0.2) is 25.5 Å². The molecule has 0 saturated heterocycles. The van der Waals surface area contributed by atoms with E-state index in [9.17, 15) is 18.0 Å². The number of carbonyl (C=O) groups excluding carboxylic acids is 1. The zero-order chi connectivity index (χ0) is 21.6. The van der Waals surface area contributed by atoms with Gasteiger partial charge in [-0.2, -0.15) is 18.3 Å². The van der Waals surface area contributed by atoms with Gasteiger partial charge < -0.3 is 0 Å². The van der Waals surface area contributed by atoms with Crippen LogP contribution < -0.4 is 5.32 Å². The summed E-state index contributed by atoms with van der Waals surface area (Å²) in [5.74, 6) is -0.468. The van der Waals surface area contributed by atoms with Crippen LogP contribution in [0.25, 0.3) is 16.9 Å². The van der Waals surface area contributed by atoms with Crippen molar-refractivity contribution in [2.45, 2.75) is 26.9 Å². The summed E-state index contributed by atoms with van der Waals surface area (Å²) in [6.07, 6.45) is -3.03. The smallest absolute Gasteiger partial charge is 0.298 e. The van der Waals surface area contributed by atoms with Crippen LogP contribution in [0.1, 0.15) is 32.2 Å². The molecule has 0 bridgehead atoms. The molecule has 4 aromatic rings. The number of rotatable bonds is 3. The summed E-state index contributed by atoms with van der Waals surface area (Å²) in [5.41, 5.74) is 0.825. The monoisotopic (exact) mass is 431 g/mol. The number of amides is 1. The summed E-state index contributed by atoms with van der Waals surface area (Å²) in [4.78, 5) is 22.5. The average molecular weight is 431 g/mol. The number of nitrogens with one attached hydrogen (secondary N) is 1. The summed E-state index contributed by atoms with van der Waals surface area (Å²) in [6, 6.07) is 6.64. The molecule has 3 aromatic heterocycles. The van der Waals surface area contributed by atoms with Crippen LogP contribution in [0.4, 0.5) is 18.3 Å². The first-order valence-electron chi connectivity index (χ1n) is 8.93. The van der Waals surface area contributed by atoms with Gasteiger partial charge >= 0.3 is 6.18 Å². The molecule has 1 N–H and O–H groups in total. The molecule has 0 unspecified atom stereocenters. The molecule has 0 atom stereocenters. The van der Waals surface area contributed by atoms with Crippen LogP contribution in [0.2, 0.25) is 0 Å². The van der Waals surface area contributed by atoms with Crippen LogP contribution in [0.5, 0.6) is 0 Å². The van der Waals surface area contributed by atoms with Gasteiger partial charge in [-0.1, -0.05) is 18.2 Å². The highest BCUT2D eigenvalue weighted by Gasteiger charge is 2.34. The van der Waals surface area contributed by atoms with Gasteiger partial charge in [-0.15, -0.1) is 11.3 Å². The number of aryl methyl sites for hydroxylation is 3. The van der Waals surface area contributed by atoms with Crippen molar-refractivity contribution in [1.82, 2.24) is 19.6 Å². The maximum Gasteiger partial charge on any atom is 0.417 e. The molecule has 0 saturated carbocycles. The number of anilines is 1. The molecule has 0 fully saturated rings. The lowest BCUT2D eigenvalue weighted by Gasteiger charge is -2.12. The quantitative estimate of drug-likeness (QED) is 0.493. The number of carbonyl (C=O) groups is 1. The second kappa shape index (κ2) is 7.21. The minimum atomic E-state index is -4.53. The second-order valence-electron chi connectivity index (χ2n) is 6.70. The Balaban J connectivity index is 1.80. The van der Waals surface area contributed by atoms with Gasteiger partial charge in [0, 0.05) is 16.6 Å². The summed E-state index contributed by atoms with van der Waals surface area (Å²) >= 11 is 1.34. The molecule has 1 aromatic carbocycles. The van der Waals surface area contributed by atoms with Crippen LogP contribution >= 0.6 is 11.3 Å². The second-order valence-corrected chi connectivity index (χ2v) is 7.90. The van der Waals surface area contributed by atoms with Gasteiger partial charge in [0.2, 0.25) is 0 Å². The average Bonchev–Trinajstić information content (AvgIpc) is 3.17. The van der Waals surface area contributed by atoms with Gasteiger partial charge in [0.25, 0.3) is 5.91 Å². The fraction of sp³-hybridized carbons (Fsp3) is 0.200. The molecule has 4 rings (SSSR count). The Kier molecular flexibility index (Phi) is 4.81. The molecule has 30 heavy (non-hydrogen) atoms. The van der Waals surface area contributed by atoms with E-state index in [4.69, 9.17) is 0 Å². The molecule has 0 aliphatic rings. The normalized spacial score (nSPS) is 11.8. The number of fused-ring (bicyclic) bond motifs is 1. The van der Waals surface area contributed by atoms with E-state index in [1.165, 1.54) is 46.3 Å². The Hall–Kier alpha value is -3.27. The molecular weight excluding hydrogens is 415 g/mol. The van der Waals surface area contributed by atoms with Crippen LogP contribution in [0.15, 0.2) is 36.5 Å². The molecule has 3 heterocycles. The van der Waals surface area contributed by atoms with Crippen molar-refractivity contribution in [2.24, 2.45) is 0 Å². The van der Waals surface area contributed by atoms with Crippen molar-refractivity contribution in [1.29, 1.82) is 0 Å². The number of hydrogen-bond donors (Lipinski definition) is 1. The summed E-state index contributed by atoms with van der Waals surface area (Å²) < 4.78 is 41.6. The summed E-state index contributed by atoms with van der Waals surface area (Å²) in [5, 5.41) is 7.42. The molecule has 0 spiro atoms. The Morgan fingerprint density at radius 2 is 1.80 bits per heavy atom. The zero-order valence-electron chi connectivity index (χ0n) is 16.2. The van der Waals surface area contributed by atoms with E-state index in [2.05, 4.69) is 20.4 Å². The van der Waals surface area contributed by atoms with Crippen molar-refractivity contribution in [3.63, 3.8) is 0 Å². The van der Waals surface area contributed by atoms with Crippen molar-refractivity contribution in [3.05, 3.63) is 63.9 Å². The minimum Gasteiger partial charge on any atom is -0.298 e. The molecule has 0 radical (unpaired) electrons. The van der Waals surface area contributed by atoms with E-state index < -0.39 is 17.6 Å². The van der Waals surface area contributed by atoms with E-state index in [0.29, 0.717) is 10.8 Å². The maximum atomic E-state index is 13.4. The van der Waals surface area contributed by atoms with E-state index in [0.717, 1.165) is 16.6 Å². The van der Waals surface area contributed by atoms with Gasteiger partial charge in [-0.3, -0.25) is 10.1 Å². The molecular formula is C20H16F3N5OS. The number of benzene rings is 1. The number of nitrogens with zero attached hydrogens (tertiary/aromatic N) is 4. The van der Waals surface area contributed by atoms with Crippen molar-refractivity contribution in [3.8, 4) is 11.3 Å². The van der Waals surface area contributed by atoms with E-state index in [1.807, 2.05) is 13.8 Å². The first kappa shape index (κ1) is 20.0. The largest absolute Gasteiger partial charge is 0.417 e. The van der Waals surface area contributed by atoms with Gasteiger partial charge in [0.05, 0.1) is 22.6 Å². The third kappa shape index (κ3) is 3.54. The molecule has 154 valence electrons. The zero-order valence-corrected chi connectivity index (χ0v) is 17.0. The fourth-order valence-electron chi connectivity index (χ4n) is 3.09. The Labute approximate surface area is 173 Å². The lowest BCUT2D eigenvalue weighted by Crippen LogP contribution is -2.13. The number of hydrogen-bond acceptors (Lipinski definition) is 5. The van der Waals surface area contributed by atoms with Crippen molar-refractivity contribution >= 4 is 28.0 Å². The first-order chi connectivity index (χ1) is 14.1. The van der Waals surface area contributed by atoms with Gasteiger partial charge in [-0.05, 0) is 32.9 Å². The van der Waals surface area contributed by atoms with Crippen molar-refractivity contribution < 1.29 is 18.0 Å². The summed E-state index contributed by atoms with van der Waals surface area (Å²) in [7, 11) is 0.